The van der Waals surface area contributed by atoms with Gasteiger partial charge in [0.2, 0.25) is 0 Å². The normalized spacial score (nSPS) is 15.7. The van der Waals surface area contributed by atoms with Gasteiger partial charge >= 0.3 is 5.97 Å². The van der Waals surface area contributed by atoms with Crippen molar-refractivity contribution in [3.05, 3.63) is 71.0 Å². The highest BCUT2D eigenvalue weighted by Crippen LogP contribution is 2.31. The maximum absolute atomic E-state index is 13.5. The van der Waals surface area contributed by atoms with Gasteiger partial charge in [0.25, 0.3) is 0 Å². The van der Waals surface area contributed by atoms with E-state index in [4.69, 9.17) is 0 Å². The zero-order valence-corrected chi connectivity index (χ0v) is 14.1. The lowest BCUT2D eigenvalue weighted by Crippen LogP contribution is -2.32. The number of rotatable bonds is 4. The van der Waals surface area contributed by atoms with Gasteiger partial charge in [-0.25, -0.2) is 9.18 Å². The quantitative estimate of drug-likeness (QED) is 0.893. The Bertz CT molecular complexity index is 685. The second-order valence-corrected chi connectivity index (χ2v) is 6.07. The molecule has 0 aliphatic carbocycles. The first-order valence-corrected chi connectivity index (χ1v) is 7.92. The molecule has 1 saturated heterocycles. The van der Waals surface area contributed by atoms with Crippen LogP contribution >= 0.6 is 12.4 Å². The summed E-state index contributed by atoms with van der Waals surface area (Å²) in [7, 11) is 0. The summed E-state index contributed by atoms with van der Waals surface area (Å²) < 4.78 is 13.5. The van der Waals surface area contributed by atoms with Crippen molar-refractivity contribution in [3.8, 4) is 0 Å². The van der Waals surface area contributed by atoms with Crippen molar-refractivity contribution in [1.29, 1.82) is 0 Å². The van der Waals surface area contributed by atoms with Crippen LogP contribution < -0.4 is 0 Å². The molecule has 24 heavy (non-hydrogen) atoms. The Balaban J connectivity index is 0.00000208. The van der Waals surface area contributed by atoms with Crippen molar-refractivity contribution in [3.63, 3.8) is 0 Å². The third-order valence-electron chi connectivity index (χ3n) is 4.52. The highest BCUT2D eigenvalue weighted by Gasteiger charge is 2.24. The van der Waals surface area contributed by atoms with Gasteiger partial charge in [-0.3, -0.25) is 4.90 Å². The molecule has 3 nitrogen and oxygen atoms in total. The van der Waals surface area contributed by atoms with Crippen molar-refractivity contribution in [1.82, 2.24) is 4.90 Å². The number of aromatic carboxylic acids is 1. The molecular weight excluding hydrogens is 329 g/mol. The molecule has 0 saturated carbocycles. The van der Waals surface area contributed by atoms with Crippen LogP contribution in [0.3, 0.4) is 0 Å². The fraction of sp³-hybridized carbons (Fsp3) is 0.316. The van der Waals surface area contributed by atoms with Gasteiger partial charge in [0.1, 0.15) is 5.82 Å². The van der Waals surface area contributed by atoms with Crippen LogP contribution in [-0.4, -0.2) is 29.1 Å². The summed E-state index contributed by atoms with van der Waals surface area (Å²) in [6.07, 6.45) is 1.72. The third-order valence-corrected chi connectivity index (χ3v) is 4.52. The summed E-state index contributed by atoms with van der Waals surface area (Å²) in [5.41, 5.74) is 2.15. The maximum atomic E-state index is 13.5. The first-order chi connectivity index (χ1) is 11.1. The van der Waals surface area contributed by atoms with Crippen LogP contribution in [-0.2, 0) is 6.54 Å². The number of halogens is 2. The topological polar surface area (TPSA) is 40.5 Å². The van der Waals surface area contributed by atoms with E-state index < -0.39 is 5.97 Å². The smallest absolute Gasteiger partial charge is 0.335 e. The number of piperidine rings is 1. The molecule has 0 bridgehead atoms. The Labute approximate surface area is 147 Å². The molecule has 1 heterocycles. The molecular formula is C19H21ClFNO2. The fourth-order valence-corrected chi connectivity index (χ4v) is 3.31. The van der Waals surface area contributed by atoms with E-state index in [1.165, 1.54) is 23.8 Å². The first-order valence-electron chi connectivity index (χ1n) is 7.92. The second-order valence-electron chi connectivity index (χ2n) is 6.07. The molecule has 1 aliphatic rings. The lowest BCUT2D eigenvalue weighted by molar-refractivity contribution is 0.0694. The molecule has 0 amide bonds. The number of carboxylic acid groups (broad SMARTS) is 1. The molecule has 0 spiro atoms. The van der Waals surface area contributed by atoms with Gasteiger partial charge in [-0.15, -0.1) is 12.4 Å². The van der Waals surface area contributed by atoms with E-state index in [-0.39, 0.29) is 29.7 Å². The Hall–Kier alpha value is -1.91. The molecule has 128 valence electrons. The third kappa shape index (κ3) is 4.34. The van der Waals surface area contributed by atoms with Crippen molar-refractivity contribution >= 4 is 18.4 Å². The molecule has 0 atom stereocenters. The minimum atomic E-state index is -0.980. The number of nitrogens with zero attached hydrogens (tertiary/aromatic N) is 1. The number of hydrogen-bond donors (Lipinski definition) is 1. The zero-order chi connectivity index (χ0) is 16.2. The summed E-state index contributed by atoms with van der Waals surface area (Å²) in [4.78, 5) is 13.7. The molecule has 1 N–H and O–H groups in total. The Kier molecular flexibility index (Phi) is 6.35. The van der Waals surface area contributed by atoms with Crippen LogP contribution in [0.25, 0.3) is 0 Å². The van der Waals surface area contributed by atoms with Gasteiger partial charge in [0.15, 0.2) is 0 Å². The average molecular weight is 350 g/mol. The van der Waals surface area contributed by atoms with Crippen LogP contribution in [0.1, 0.15) is 40.2 Å². The van der Waals surface area contributed by atoms with E-state index in [0.29, 0.717) is 5.56 Å². The number of hydrogen-bond acceptors (Lipinski definition) is 2. The average Bonchev–Trinajstić information content (AvgIpc) is 2.56. The van der Waals surface area contributed by atoms with E-state index in [9.17, 15) is 14.3 Å². The predicted molar refractivity (Wildman–Crippen MR) is 94.3 cm³/mol. The predicted octanol–water partition coefficient (Wildman–Crippen LogP) is 4.33. The second kappa shape index (κ2) is 8.27. The van der Waals surface area contributed by atoms with Gasteiger partial charge in [-0.1, -0.05) is 30.3 Å². The minimum absolute atomic E-state index is 0. The summed E-state index contributed by atoms with van der Waals surface area (Å²) in [5, 5.41) is 9.30. The lowest BCUT2D eigenvalue weighted by Gasteiger charge is -2.32. The van der Waals surface area contributed by atoms with Gasteiger partial charge < -0.3 is 5.11 Å². The summed E-state index contributed by atoms with van der Waals surface area (Å²) in [6.45, 7) is 2.70. The molecule has 0 unspecified atom stereocenters. The van der Waals surface area contributed by atoms with Crippen molar-refractivity contribution < 1.29 is 14.3 Å². The molecule has 2 aromatic rings. The largest absolute Gasteiger partial charge is 0.478 e. The van der Waals surface area contributed by atoms with Crippen LogP contribution in [0.5, 0.6) is 0 Å². The lowest BCUT2D eigenvalue weighted by atomic mass is 9.86. The molecule has 0 radical (unpaired) electrons. The summed E-state index contributed by atoms with van der Waals surface area (Å²) in [6, 6.07) is 14.3. The zero-order valence-electron chi connectivity index (χ0n) is 13.3. The van der Waals surface area contributed by atoms with Crippen LogP contribution in [0.2, 0.25) is 0 Å². The molecule has 2 aromatic carbocycles. The van der Waals surface area contributed by atoms with Gasteiger partial charge in [0.05, 0.1) is 5.56 Å². The van der Waals surface area contributed by atoms with Crippen molar-refractivity contribution in [2.45, 2.75) is 25.3 Å². The van der Waals surface area contributed by atoms with Crippen LogP contribution in [0.4, 0.5) is 4.39 Å². The van der Waals surface area contributed by atoms with Crippen LogP contribution in [0, 0.1) is 5.82 Å². The van der Waals surface area contributed by atoms with E-state index >= 15 is 0 Å². The van der Waals surface area contributed by atoms with Crippen molar-refractivity contribution in [2.75, 3.05) is 13.1 Å². The highest BCUT2D eigenvalue weighted by molar-refractivity contribution is 5.89. The first kappa shape index (κ1) is 18.4. The SMILES string of the molecule is Cl.O=C(O)c1ccc(F)cc1C1CCN(Cc2ccccc2)CC1. The number of carboxylic acids is 1. The Morgan fingerprint density at radius 1 is 1.12 bits per heavy atom. The molecule has 1 fully saturated rings. The Morgan fingerprint density at radius 3 is 2.42 bits per heavy atom. The number of carbonyl (C=O) groups is 1. The van der Waals surface area contributed by atoms with Crippen molar-refractivity contribution in [2.24, 2.45) is 0 Å². The summed E-state index contributed by atoms with van der Waals surface area (Å²) >= 11 is 0. The van der Waals surface area contributed by atoms with Gasteiger partial charge in [0, 0.05) is 6.54 Å². The maximum Gasteiger partial charge on any atom is 0.335 e. The number of benzene rings is 2. The van der Waals surface area contributed by atoms with E-state index in [1.54, 1.807) is 0 Å². The fourth-order valence-electron chi connectivity index (χ4n) is 3.31. The number of likely N-dealkylation sites (tertiary alicyclic amines) is 1. The van der Waals surface area contributed by atoms with Crippen LogP contribution in [0.15, 0.2) is 48.5 Å². The minimum Gasteiger partial charge on any atom is -0.478 e. The standard InChI is InChI=1S/C19H20FNO2.ClH/c20-16-6-7-17(19(22)23)18(12-16)15-8-10-21(11-9-15)13-14-4-2-1-3-5-14;/h1-7,12,15H,8-11,13H2,(H,22,23);1H. The van der Waals surface area contributed by atoms with Gasteiger partial charge in [-0.05, 0) is 61.2 Å². The molecule has 5 heteroatoms. The Morgan fingerprint density at radius 2 is 1.79 bits per heavy atom. The summed E-state index contributed by atoms with van der Waals surface area (Å²) in [5.74, 6) is -1.23. The van der Waals surface area contributed by atoms with Gasteiger partial charge in [-0.2, -0.15) is 0 Å². The molecule has 0 aromatic heterocycles. The van der Waals surface area contributed by atoms with E-state index in [1.807, 2.05) is 18.2 Å². The van der Waals surface area contributed by atoms with E-state index in [0.717, 1.165) is 32.5 Å². The monoisotopic (exact) mass is 349 g/mol. The highest BCUT2D eigenvalue weighted by atomic mass is 35.5. The molecule has 3 rings (SSSR count). The molecule has 1 aliphatic heterocycles. The van der Waals surface area contributed by atoms with E-state index in [2.05, 4.69) is 17.0 Å².